The highest BCUT2D eigenvalue weighted by Crippen LogP contribution is 2.31. The van der Waals surface area contributed by atoms with Crippen molar-refractivity contribution >= 4 is 33.2 Å². The van der Waals surface area contributed by atoms with Gasteiger partial charge < -0.3 is 10.6 Å². The van der Waals surface area contributed by atoms with Crippen molar-refractivity contribution in [3.63, 3.8) is 0 Å². The van der Waals surface area contributed by atoms with Gasteiger partial charge in [0.15, 0.2) is 0 Å². The quantitative estimate of drug-likeness (QED) is 0.176. The van der Waals surface area contributed by atoms with Gasteiger partial charge in [0.1, 0.15) is 0 Å². The van der Waals surface area contributed by atoms with E-state index in [1.165, 1.54) is 77.0 Å². The molecule has 0 bridgehead atoms. The molecule has 0 aliphatic rings. The van der Waals surface area contributed by atoms with Crippen LogP contribution in [0, 0.1) is 0 Å². The highest BCUT2D eigenvalue weighted by Gasteiger charge is 2.09. The van der Waals surface area contributed by atoms with Gasteiger partial charge in [0.25, 0.3) is 0 Å². The molecule has 2 N–H and O–H groups in total. The van der Waals surface area contributed by atoms with Crippen LogP contribution in [0.5, 0.6) is 0 Å². The first-order valence-corrected chi connectivity index (χ1v) is 13.0. The smallest absolute Gasteiger partial charge is 0.0986 e. The molecule has 4 nitrogen and oxygen atoms in total. The summed E-state index contributed by atoms with van der Waals surface area (Å²) in [6.07, 6.45) is 19.6. The molecule has 0 radical (unpaired) electrons. The Morgan fingerprint density at radius 3 is 1.38 bits per heavy atom. The van der Waals surface area contributed by atoms with E-state index in [2.05, 4.69) is 48.7 Å². The standard InChI is InChI=1S/C28H42N4/c1-3-5-7-9-11-13-19-29-25-17-21-31-27-23(25)15-16-24-26(18-22-32-28(24)27)30-20-14-12-10-8-6-4-2/h15-18,21-22H,3-14,19-20H2,1-2H3,(H,29,31)(H,30,32). The van der Waals surface area contributed by atoms with Crippen LogP contribution in [-0.2, 0) is 0 Å². The largest absolute Gasteiger partial charge is 0.384 e. The summed E-state index contributed by atoms with van der Waals surface area (Å²) in [5.41, 5.74) is 4.30. The van der Waals surface area contributed by atoms with Crippen LogP contribution in [0.4, 0.5) is 11.4 Å². The minimum Gasteiger partial charge on any atom is -0.384 e. The molecule has 0 aliphatic carbocycles. The molecule has 0 unspecified atom stereocenters. The van der Waals surface area contributed by atoms with Crippen LogP contribution >= 0.6 is 0 Å². The van der Waals surface area contributed by atoms with E-state index in [0.717, 1.165) is 46.3 Å². The molecule has 4 heteroatoms. The zero-order chi connectivity index (χ0) is 22.4. The van der Waals surface area contributed by atoms with Gasteiger partial charge in [-0.15, -0.1) is 0 Å². The summed E-state index contributed by atoms with van der Waals surface area (Å²) in [6.45, 7) is 6.56. The maximum atomic E-state index is 4.70. The molecular weight excluding hydrogens is 392 g/mol. The van der Waals surface area contributed by atoms with Crippen LogP contribution in [0.2, 0.25) is 0 Å². The van der Waals surface area contributed by atoms with Crippen molar-refractivity contribution in [3.05, 3.63) is 36.7 Å². The number of unbranched alkanes of at least 4 members (excludes halogenated alkanes) is 10. The number of anilines is 2. The van der Waals surface area contributed by atoms with E-state index in [9.17, 15) is 0 Å². The molecule has 0 atom stereocenters. The SMILES string of the molecule is CCCCCCCCNc1ccnc2c1ccc1c(NCCCCCCCC)ccnc12. The second-order valence-corrected chi connectivity index (χ2v) is 8.96. The maximum Gasteiger partial charge on any atom is 0.0986 e. The molecule has 3 rings (SSSR count). The number of fused-ring (bicyclic) bond motifs is 3. The number of nitrogens with zero attached hydrogens (tertiary/aromatic N) is 2. The van der Waals surface area contributed by atoms with Gasteiger partial charge in [-0.1, -0.05) is 78.1 Å². The molecule has 2 aromatic heterocycles. The van der Waals surface area contributed by atoms with Crippen LogP contribution < -0.4 is 10.6 Å². The molecule has 0 amide bonds. The average Bonchev–Trinajstić information content (AvgIpc) is 2.83. The van der Waals surface area contributed by atoms with Crippen molar-refractivity contribution < 1.29 is 0 Å². The van der Waals surface area contributed by atoms with E-state index >= 15 is 0 Å². The molecule has 0 saturated heterocycles. The fraction of sp³-hybridized carbons (Fsp3) is 0.571. The van der Waals surface area contributed by atoms with E-state index < -0.39 is 0 Å². The Hall–Kier alpha value is -2.36. The van der Waals surface area contributed by atoms with Gasteiger partial charge >= 0.3 is 0 Å². The van der Waals surface area contributed by atoms with Crippen molar-refractivity contribution in [2.75, 3.05) is 23.7 Å². The topological polar surface area (TPSA) is 49.8 Å². The Labute approximate surface area is 194 Å². The van der Waals surface area contributed by atoms with Crippen molar-refractivity contribution in [3.8, 4) is 0 Å². The van der Waals surface area contributed by atoms with Crippen molar-refractivity contribution in [1.29, 1.82) is 0 Å². The second kappa shape index (κ2) is 13.9. The number of aromatic nitrogens is 2. The first-order chi connectivity index (χ1) is 15.8. The molecule has 3 aromatic rings. The van der Waals surface area contributed by atoms with E-state index in [-0.39, 0.29) is 0 Å². The Kier molecular flexibility index (Phi) is 10.6. The monoisotopic (exact) mass is 434 g/mol. The zero-order valence-electron chi connectivity index (χ0n) is 20.3. The van der Waals surface area contributed by atoms with Gasteiger partial charge in [-0.2, -0.15) is 0 Å². The van der Waals surface area contributed by atoms with Crippen molar-refractivity contribution in [2.45, 2.75) is 90.9 Å². The molecule has 2 heterocycles. The fourth-order valence-corrected chi connectivity index (χ4v) is 4.39. The van der Waals surface area contributed by atoms with Crippen molar-refractivity contribution in [1.82, 2.24) is 9.97 Å². The summed E-state index contributed by atoms with van der Waals surface area (Å²) in [6, 6.07) is 8.58. The lowest BCUT2D eigenvalue weighted by atomic mass is 10.1. The number of hydrogen-bond acceptors (Lipinski definition) is 4. The lowest BCUT2D eigenvalue weighted by molar-refractivity contribution is 0.617. The summed E-state index contributed by atoms with van der Waals surface area (Å²) in [7, 11) is 0. The second-order valence-electron chi connectivity index (χ2n) is 8.96. The van der Waals surface area contributed by atoms with Crippen molar-refractivity contribution in [2.24, 2.45) is 0 Å². The highest BCUT2D eigenvalue weighted by atomic mass is 14.9. The third kappa shape index (κ3) is 7.08. The molecule has 0 aliphatic heterocycles. The van der Waals surface area contributed by atoms with Crippen LogP contribution in [0.1, 0.15) is 90.9 Å². The molecule has 174 valence electrons. The lowest BCUT2D eigenvalue weighted by Gasteiger charge is -2.13. The zero-order valence-corrected chi connectivity index (χ0v) is 20.3. The Bertz CT molecular complexity index is 861. The van der Waals surface area contributed by atoms with E-state index in [0.29, 0.717) is 0 Å². The van der Waals surface area contributed by atoms with Gasteiger partial charge in [0, 0.05) is 47.6 Å². The summed E-state index contributed by atoms with van der Waals surface area (Å²) in [4.78, 5) is 9.39. The molecule has 0 fully saturated rings. The Morgan fingerprint density at radius 2 is 0.938 bits per heavy atom. The van der Waals surface area contributed by atoms with Crippen LogP contribution in [0.25, 0.3) is 21.8 Å². The molecule has 1 aromatic carbocycles. The number of benzene rings is 1. The summed E-state index contributed by atoms with van der Waals surface area (Å²) in [5.74, 6) is 0. The van der Waals surface area contributed by atoms with E-state index in [4.69, 9.17) is 9.97 Å². The normalized spacial score (nSPS) is 11.3. The predicted molar refractivity (Wildman–Crippen MR) is 141 cm³/mol. The predicted octanol–water partition coefficient (Wildman–Crippen LogP) is 8.33. The highest BCUT2D eigenvalue weighted by molar-refractivity contribution is 6.10. The van der Waals surface area contributed by atoms with Gasteiger partial charge in [-0.3, -0.25) is 9.97 Å². The van der Waals surface area contributed by atoms with Crippen LogP contribution in [-0.4, -0.2) is 23.1 Å². The van der Waals surface area contributed by atoms with Crippen LogP contribution in [0.15, 0.2) is 36.7 Å². The first kappa shape index (κ1) is 24.3. The third-order valence-electron chi connectivity index (χ3n) is 6.31. The number of pyridine rings is 2. The van der Waals surface area contributed by atoms with Gasteiger partial charge in [0.2, 0.25) is 0 Å². The molecule has 32 heavy (non-hydrogen) atoms. The van der Waals surface area contributed by atoms with Gasteiger partial charge in [-0.25, -0.2) is 0 Å². The summed E-state index contributed by atoms with van der Waals surface area (Å²) >= 11 is 0. The summed E-state index contributed by atoms with van der Waals surface area (Å²) < 4.78 is 0. The minimum atomic E-state index is 0.985. The van der Waals surface area contributed by atoms with Gasteiger partial charge in [-0.05, 0) is 37.1 Å². The minimum absolute atomic E-state index is 0.985. The van der Waals surface area contributed by atoms with Crippen LogP contribution in [0.3, 0.4) is 0 Å². The van der Waals surface area contributed by atoms with Gasteiger partial charge in [0.05, 0.1) is 11.0 Å². The molecular formula is C28H42N4. The first-order valence-electron chi connectivity index (χ1n) is 13.0. The maximum absolute atomic E-state index is 4.70. The molecule has 0 spiro atoms. The Morgan fingerprint density at radius 1 is 0.531 bits per heavy atom. The summed E-state index contributed by atoms with van der Waals surface area (Å²) in [5, 5.41) is 9.59. The fourth-order valence-electron chi connectivity index (χ4n) is 4.39. The molecule has 0 saturated carbocycles. The Balaban J connectivity index is 1.61. The van der Waals surface area contributed by atoms with E-state index in [1.54, 1.807) is 0 Å². The number of nitrogens with one attached hydrogen (secondary N) is 2. The third-order valence-corrected chi connectivity index (χ3v) is 6.31. The lowest BCUT2D eigenvalue weighted by Crippen LogP contribution is -2.04. The number of hydrogen-bond donors (Lipinski definition) is 2. The average molecular weight is 435 g/mol. The van der Waals surface area contributed by atoms with E-state index in [1.807, 2.05) is 12.4 Å². The number of rotatable bonds is 16.